The Hall–Kier alpha value is -4.00. The summed E-state index contributed by atoms with van der Waals surface area (Å²) in [6.07, 6.45) is 3.44. The van der Waals surface area contributed by atoms with Crippen molar-refractivity contribution in [3.05, 3.63) is 60.4 Å². The van der Waals surface area contributed by atoms with Gasteiger partial charge in [0, 0.05) is 28.7 Å². The van der Waals surface area contributed by atoms with E-state index in [-0.39, 0.29) is 11.3 Å². The van der Waals surface area contributed by atoms with Crippen molar-refractivity contribution in [1.29, 1.82) is 0 Å². The number of nitrogens with one attached hydrogen (secondary N) is 1. The topological polar surface area (TPSA) is 112 Å². The number of aromatic carboxylic acids is 1. The number of hydrogen-bond donors (Lipinski definition) is 3. The van der Waals surface area contributed by atoms with Gasteiger partial charge in [-0.3, -0.25) is 9.97 Å². The molecule has 0 saturated heterocycles. The van der Waals surface area contributed by atoms with Crippen LogP contribution in [0.2, 0.25) is 0 Å². The van der Waals surface area contributed by atoms with Gasteiger partial charge in [0.2, 0.25) is 0 Å². The van der Waals surface area contributed by atoms with Crippen molar-refractivity contribution in [2.45, 2.75) is 0 Å². The van der Waals surface area contributed by atoms with E-state index in [0.29, 0.717) is 11.4 Å². The number of nitrogens with zero attached hydrogens (tertiary/aromatic N) is 3. The molecule has 5 rings (SSSR count). The molecule has 27 heavy (non-hydrogen) atoms. The summed E-state index contributed by atoms with van der Waals surface area (Å²) in [5.41, 5.74) is 3.46. The van der Waals surface area contributed by atoms with Gasteiger partial charge in [0.05, 0.1) is 22.1 Å². The van der Waals surface area contributed by atoms with Gasteiger partial charge in [0.1, 0.15) is 17.1 Å². The highest BCUT2D eigenvalue weighted by Gasteiger charge is 2.17. The lowest BCUT2D eigenvalue weighted by Crippen LogP contribution is -1.97. The van der Waals surface area contributed by atoms with Crippen LogP contribution in [0.5, 0.6) is 5.75 Å². The normalized spacial score (nSPS) is 11.4. The van der Waals surface area contributed by atoms with Gasteiger partial charge in [-0.25, -0.2) is 9.78 Å². The fraction of sp³-hybridized carbons (Fsp3) is 0. The van der Waals surface area contributed by atoms with Crippen LogP contribution in [-0.4, -0.2) is 36.1 Å². The lowest BCUT2D eigenvalue weighted by Gasteiger charge is -2.03. The predicted molar refractivity (Wildman–Crippen MR) is 101 cm³/mol. The van der Waals surface area contributed by atoms with Crippen LogP contribution in [0.1, 0.15) is 10.4 Å². The number of phenols is 1. The van der Waals surface area contributed by atoms with Crippen molar-refractivity contribution >= 4 is 38.8 Å². The molecule has 0 radical (unpaired) electrons. The summed E-state index contributed by atoms with van der Waals surface area (Å²) in [4.78, 5) is 28.2. The first kappa shape index (κ1) is 15.3. The number of H-pyrrole nitrogens is 1. The molecule has 0 amide bonds. The van der Waals surface area contributed by atoms with Crippen LogP contribution in [0.25, 0.3) is 44.2 Å². The zero-order chi connectivity index (χ0) is 18.5. The number of rotatable bonds is 2. The first-order valence-electron chi connectivity index (χ1n) is 8.21. The SMILES string of the molecule is O=C(O)c1cc(-c2nc3c4cccnc4c4ncccc4c3[nH]2)ccc1O. The number of aromatic amines is 1. The molecule has 3 aromatic heterocycles. The van der Waals surface area contributed by atoms with Crippen LogP contribution in [0.4, 0.5) is 0 Å². The van der Waals surface area contributed by atoms with Crippen molar-refractivity contribution in [3.63, 3.8) is 0 Å². The molecule has 0 fully saturated rings. The summed E-state index contributed by atoms with van der Waals surface area (Å²) in [5.74, 6) is -0.976. The van der Waals surface area contributed by atoms with E-state index in [4.69, 9.17) is 4.98 Å². The van der Waals surface area contributed by atoms with E-state index in [1.54, 1.807) is 18.5 Å². The first-order valence-corrected chi connectivity index (χ1v) is 8.21. The highest BCUT2D eigenvalue weighted by molar-refractivity contribution is 6.21. The Morgan fingerprint density at radius 2 is 1.63 bits per heavy atom. The quantitative estimate of drug-likeness (QED) is 0.416. The summed E-state index contributed by atoms with van der Waals surface area (Å²) in [6, 6.07) is 11.9. The van der Waals surface area contributed by atoms with Gasteiger partial charge < -0.3 is 15.2 Å². The number of fused-ring (bicyclic) bond motifs is 6. The van der Waals surface area contributed by atoms with Crippen molar-refractivity contribution in [3.8, 4) is 17.1 Å². The molecule has 0 spiro atoms. The Kier molecular flexibility index (Phi) is 3.11. The first-order chi connectivity index (χ1) is 13.1. The Balaban J connectivity index is 1.87. The number of carbonyl (C=O) groups is 1. The fourth-order valence-corrected chi connectivity index (χ4v) is 3.34. The molecule has 7 nitrogen and oxygen atoms in total. The standard InChI is InChI=1S/C20H12N4O3/c25-14-6-5-10(9-13(14)20(26)27)19-23-17-11-3-1-7-21-15(11)16-12(18(17)24-19)4-2-8-22-16/h1-9,25H,(H,23,24)(H,26,27). The van der Waals surface area contributed by atoms with Gasteiger partial charge in [0.15, 0.2) is 0 Å². The predicted octanol–water partition coefficient (Wildman–Crippen LogP) is 3.73. The third kappa shape index (κ3) is 2.22. The van der Waals surface area contributed by atoms with Crippen LogP contribution in [-0.2, 0) is 0 Å². The number of hydrogen-bond acceptors (Lipinski definition) is 5. The Labute approximate surface area is 152 Å². The maximum Gasteiger partial charge on any atom is 0.339 e. The third-order valence-electron chi connectivity index (χ3n) is 4.57. The average Bonchev–Trinajstić information content (AvgIpc) is 3.14. The van der Waals surface area contributed by atoms with Gasteiger partial charge in [-0.15, -0.1) is 0 Å². The Morgan fingerprint density at radius 1 is 0.926 bits per heavy atom. The summed E-state index contributed by atoms with van der Waals surface area (Å²) in [6.45, 7) is 0. The van der Waals surface area contributed by atoms with Crippen LogP contribution >= 0.6 is 0 Å². The number of benzene rings is 2. The van der Waals surface area contributed by atoms with E-state index < -0.39 is 5.97 Å². The van der Waals surface area contributed by atoms with Crippen molar-refractivity contribution in [2.75, 3.05) is 0 Å². The second-order valence-electron chi connectivity index (χ2n) is 6.15. The van der Waals surface area contributed by atoms with Crippen LogP contribution in [0.15, 0.2) is 54.9 Å². The highest BCUT2D eigenvalue weighted by atomic mass is 16.4. The fourth-order valence-electron chi connectivity index (χ4n) is 3.34. The zero-order valence-electron chi connectivity index (χ0n) is 13.8. The molecular formula is C20H12N4O3. The maximum absolute atomic E-state index is 11.3. The molecule has 0 aliphatic rings. The number of pyridine rings is 2. The molecule has 0 atom stereocenters. The number of imidazole rings is 1. The van der Waals surface area contributed by atoms with Gasteiger partial charge in [0.25, 0.3) is 0 Å². The van der Waals surface area contributed by atoms with E-state index >= 15 is 0 Å². The summed E-state index contributed by atoms with van der Waals surface area (Å²) in [7, 11) is 0. The largest absolute Gasteiger partial charge is 0.507 e. The van der Waals surface area contributed by atoms with E-state index in [9.17, 15) is 15.0 Å². The lowest BCUT2D eigenvalue weighted by atomic mass is 10.1. The van der Waals surface area contributed by atoms with Gasteiger partial charge >= 0.3 is 5.97 Å². The molecule has 0 bridgehead atoms. The number of aromatic nitrogens is 4. The smallest absolute Gasteiger partial charge is 0.339 e. The van der Waals surface area contributed by atoms with Gasteiger partial charge in [-0.2, -0.15) is 0 Å². The van der Waals surface area contributed by atoms with E-state index in [0.717, 1.165) is 32.8 Å². The number of carboxylic acid groups (broad SMARTS) is 1. The van der Waals surface area contributed by atoms with Crippen molar-refractivity contribution in [2.24, 2.45) is 0 Å². The molecule has 5 aromatic rings. The van der Waals surface area contributed by atoms with E-state index in [1.807, 2.05) is 24.3 Å². The second-order valence-corrected chi connectivity index (χ2v) is 6.15. The molecule has 0 saturated carbocycles. The third-order valence-corrected chi connectivity index (χ3v) is 4.57. The molecule has 0 aliphatic heterocycles. The maximum atomic E-state index is 11.3. The van der Waals surface area contributed by atoms with Gasteiger partial charge in [-0.1, -0.05) is 0 Å². The van der Waals surface area contributed by atoms with E-state index in [2.05, 4.69) is 15.0 Å². The minimum atomic E-state index is -1.20. The number of aromatic hydroxyl groups is 1. The summed E-state index contributed by atoms with van der Waals surface area (Å²) >= 11 is 0. The van der Waals surface area contributed by atoms with Crippen LogP contribution in [0, 0.1) is 0 Å². The molecule has 3 N–H and O–H groups in total. The Bertz CT molecular complexity index is 1300. The highest BCUT2D eigenvalue weighted by Crippen LogP contribution is 2.33. The average molecular weight is 356 g/mol. The van der Waals surface area contributed by atoms with Crippen molar-refractivity contribution < 1.29 is 15.0 Å². The molecule has 3 heterocycles. The molecule has 0 aliphatic carbocycles. The van der Waals surface area contributed by atoms with Gasteiger partial charge in [-0.05, 0) is 42.5 Å². The lowest BCUT2D eigenvalue weighted by molar-refractivity contribution is 0.0694. The zero-order valence-corrected chi connectivity index (χ0v) is 13.8. The van der Waals surface area contributed by atoms with E-state index in [1.165, 1.54) is 12.1 Å². The monoisotopic (exact) mass is 356 g/mol. The summed E-state index contributed by atoms with van der Waals surface area (Å²) in [5, 5.41) is 20.7. The van der Waals surface area contributed by atoms with Crippen LogP contribution in [0.3, 0.4) is 0 Å². The summed E-state index contributed by atoms with van der Waals surface area (Å²) < 4.78 is 0. The molecule has 7 heteroatoms. The Morgan fingerprint density at radius 3 is 2.37 bits per heavy atom. The van der Waals surface area contributed by atoms with Crippen molar-refractivity contribution in [1.82, 2.24) is 19.9 Å². The van der Waals surface area contributed by atoms with Crippen LogP contribution < -0.4 is 0 Å². The minimum absolute atomic E-state index is 0.175. The number of carboxylic acids is 1. The molecule has 2 aromatic carbocycles. The molecule has 130 valence electrons. The molecular weight excluding hydrogens is 344 g/mol. The molecule has 0 unspecified atom stereocenters. The minimum Gasteiger partial charge on any atom is -0.507 e. The second kappa shape index (κ2) is 5.50.